The van der Waals surface area contributed by atoms with Crippen molar-refractivity contribution in [2.45, 2.75) is 19.8 Å². The van der Waals surface area contributed by atoms with Crippen molar-refractivity contribution >= 4 is 17.3 Å². The fourth-order valence-electron chi connectivity index (χ4n) is 2.07. The maximum atomic E-state index is 12.0. The Hall–Kier alpha value is -3.20. The molecular weight excluding hydrogens is 294 g/mol. The monoisotopic (exact) mass is 309 g/mol. The van der Waals surface area contributed by atoms with Crippen LogP contribution in [-0.2, 0) is 11.2 Å². The Labute approximate surface area is 133 Å². The quantitative estimate of drug-likeness (QED) is 0.676. The van der Waals surface area contributed by atoms with E-state index in [9.17, 15) is 14.9 Å². The number of anilines is 1. The number of nitrogens with one attached hydrogen (secondary N) is 1. The molecule has 6 nitrogen and oxygen atoms in total. The summed E-state index contributed by atoms with van der Waals surface area (Å²) in [5, 5.41) is 22.2. The van der Waals surface area contributed by atoms with Crippen LogP contribution < -0.4 is 5.32 Å². The van der Waals surface area contributed by atoms with Crippen molar-refractivity contribution in [3.8, 4) is 6.07 Å². The van der Waals surface area contributed by atoms with Crippen LogP contribution in [0.4, 0.5) is 11.4 Å². The highest BCUT2D eigenvalue weighted by Gasteiger charge is 2.11. The van der Waals surface area contributed by atoms with Gasteiger partial charge in [-0.3, -0.25) is 14.9 Å². The summed E-state index contributed by atoms with van der Waals surface area (Å²) in [5.74, 6) is -0.210. The van der Waals surface area contributed by atoms with E-state index >= 15 is 0 Å². The van der Waals surface area contributed by atoms with Gasteiger partial charge < -0.3 is 5.32 Å². The van der Waals surface area contributed by atoms with Crippen LogP contribution in [0.15, 0.2) is 42.5 Å². The van der Waals surface area contributed by atoms with Crippen molar-refractivity contribution in [3.63, 3.8) is 0 Å². The third-order valence-electron chi connectivity index (χ3n) is 3.43. The predicted octanol–water partition coefficient (Wildman–Crippen LogP) is 3.35. The molecule has 2 aromatic carbocycles. The van der Waals surface area contributed by atoms with Crippen LogP contribution in [0.25, 0.3) is 0 Å². The largest absolute Gasteiger partial charge is 0.326 e. The molecule has 0 saturated heterocycles. The Bertz CT molecular complexity index is 777. The van der Waals surface area contributed by atoms with E-state index in [1.807, 2.05) is 18.2 Å². The molecule has 0 heterocycles. The Morgan fingerprint density at radius 1 is 1.26 bits per heavy atom. The van der Waals surface area contributed by atoms with Crippen LogP contribution in [0.5, 0.6) is 0 Å². The summed E-state index contributed by atoms with van der Waals surface area (Å²) in [6, 6.07) is 13.4. The third-order valence-corrected chi connectivity index (χ3v) is 3.43. The lowest BCUT2D eigenvalue weighted by molar-refractivity contribution is -0.384. The molecule has 0 aromatic heterocycles. The molecule has 2 aromatic rings. The molecule has 0 fully saturated rings. The van der Waals surface area contributed by atoms with Crippen molar-refractivity contribution in [2.24, 2.45) is 0 Å². The Morgan fingerprint density at radius 3 is 2.57 bits per heavy atom. The molecule has 23 heavy (non-hydrogen) atoms. The van der Waals surface area contributed by atoms with Crippen molar-refractivity contribution < 1.29 is 9.72 Å². The van der Waals surface area contributed by atoms with Crippen LogP contribution in [0.1, 0.15) is 23.1 Å². The lowest BCUT2D eigenvalue weighted by Crippen LogP contribution is -2.13. The number of benzene rings is 2. The average Bonchev–Trinajstić information content (AvgIpc) is 2.55. The normalized spacial score (nSPS) is 9.91. The van der Waals surface area contributed by atoms with E-state index in [0.717, 1.165) is 11.1 Å². The lowest BCUT2D eigenvalue weighted by atomic mass is 10.1. The second-order valence-corrected chi connectivity index (χ2v) is 5.11. The number of carbonyl (C=O) groups excluding carboxylic acids is 1. The number of nitro benzene ring substituents is 1. The molecule has 0 bridgehead atoms. The number of hydrogen-bond donors (Lipinski definition) is 1. The van der Waals surface area contributed by atoms with E-state index in [2.05, 4.69) is 5.32 Å². The molecule has 0 saturated carbocycles. The Kier molecular flexibility index (Phi) is 5.05. The molecule has 2 rings (SSSR count). The molecule has 0 spiro atoms. The fraction of sp³-hybridized carbons (Fsp3) is 0.176. The first-order valence-corrected chi connectivity index (χ1v) is 7.03. The molecule has 0 atom stereocenters. The fourth-order valence-corrected chi connectivity index (χ4v) is 2.07. The van der Waals surface area contributed by atoms with Crippen LogP contribution >= 0.6 is 0 Å². The van der Waals surface area contributed by atoms with Crippen molar-refractivity contribution in [3.05, 3.63) is 69.3 Å². The smallest absolute Gasteiger partial charge is 0.271 e. The van der Waals surface area contributed by atoms with Gasteiger partial charge in [0.05, 0.1) is 22.2 Å². The standard InChI is InChI=1S/C17H15N3O3/c1-12-2-8-15(20(22)23)10-16(12)19-17(21)9-7-13-3-5-14(11-18)6-4-13/h2-6,8,10H,7,9H2,1H3,(H,19,21). The minimum Gasteiger partial charge on any atom is -0.326 e. The van der Waals surface area contributed by atoms with Crippen LogP contribution in [0, 0.1) is 28.4 Å². The molecule has 0 aliphatic carbocycles. The number of hydrogen-bond acceptors (Lipinski definition) is 4. The summed E-state index contributed by atoms with van der Waals surface area (Å²) in [7, 11) is 0. The highest BCUT2D eigenvalue weighted by atomic mass is 16.6. The first-order valence-electron chi connectivity index (χ1n) is 7.03. The molecule has 1 amide bonds. The number of carbonyl (C=O) groups is 1. The first-order chi connectivity index (χ1) is 11.0. The van der Waals surface area contributed by atoms with Crippen molar-refractivity contribution in [2.75, 3.05) is 5.32 Å². The first kappa shape index (κ1) is 16.2. The number of nitriles is 1. The molecule has 0 unspecified atom stereocenters. The van der Waals surface area contributed by atoms with Gasteiger partial charge in [0.1, 0.15) is 0 Å². The van der Waals surface area contributed by atoms with E-state index in [1.54, 1.807) is 25.1 Å². The molecular formula is C17H15N3O3. The summed E-state index contributed by atoms with van der Waals surface area (Å²) in [6.07, 6.45) is 0.791. The van der Waals surface area contributed by atoms with Crippen molar-refractivity contribution in [1.29, 1.82) is 5.26 Å². The number of amides is 1. The summed E-state index contributed by atoms with van der Waals surface area (Å²) in [6.45, 7) is 1.78. The van der Waals surface area contributed by atoms with Crippen molar-refractivity contribution in [1.82, 2.24) is 0 Å². The Morgan fingerprint density at radius 2 is 1.96 bits per heavy atom. The summed E-state index contributed by atoms with van der Waals surface area (Å²) in [5.41, 5.74) is 2.68. The molecule has 0 aliphatic rings. The van der Waals surface area contributed by atoms with Crippen LogP contribution in [0.2, 0.25) is 0 Å². The van der Waals surface area contributed by atoms with Crippen LogP contribution in [0.3, 0.4) is 0 Å². The van der Waals surface area contributed by atoms with Gasteiger partial charge in [0.15, 0.2) is 0 Å². The zero-order valence-corrected chi connectivity index (χ0v) is 12.6. The van der Waals surface area contributed by atoms with E-state index in [4.69, 9.17) is 5.26 Å². The number of non-ortho nitro benzene ring substituents is 1. The zero-order chi connectivity index (χ0) is 16.8. The highest BCUT2D eigenvalue weighted by Crippen LogP contribution is 2.22. The summed E-state index contributed by atoms with van der Waals surface area (Å²) < 4.78 is 0. The predicted molar refractivity (Wildman–Crippen MR) is 85.9 cm³/mol. The number of rotatable bonds is 5. The third kappa shape index (κ3) is 4.38. The second-order valence-electron chi connectivity index (χ2n) is 5.11. The molecule has 0 radical (unpaired) electrons. The van der Waals surface area contributed by atoms with Gasteiger partial charge in [-0.2, -0.15) is 5.26 Å². The average molecular weight is 309 g/mol. The van der Waals surface area contributed by atoms with E-state index in [-0.39, 0.29) is 18.0 Å². The maximum Gasteiger partial charge on any atom is 0.271 e. The highest BCUT2D eigenvalue weighted by molar-refractivity contribution is 5.92. The van der Waals surface area contributed by atoms with Gasteiger partial charge in [-0.05, 0) is 36.6 Å². The Balaban J connectivity index is 1.98. The number of nitro groups is 1. The molecule has 0 aliphatic heterocycles. The zero-order valence-electron chi connectivity index (χ0n) is 12.6. The number of aryl methyl sites for hydroxylation is 2. The van der Waals surface area contributed by atoms with Gasteiger partial charge in [-0.25, -0.2) is 0 Å². The summed E-state index contributed by atoms with van der Waals surface area (Å²) in [4.78, 5) is 22.3. The number of nitrogens with zero attached hydrogens (tertiary/aromatic N) is 2. The molecule has 6 heteroatoms. The molecule has 116 valence electrons. The lowest BCUT2D eigenvalue weighted by Gasteiger charge is -2.08. The van der Waals surface area contributed by atoms with Gasteiger partial charge in [-0.15, -0.1) is 0 Å². The van der Waals surface area contributed by atoms with Crippen LogP contribution in [-0.4, -0.2) is 10.8 Å². The topological polar surface area (TPSA) is 96.0 Å². The van der Waals surface area contributed by atoms with Gasteiger partial charge in [0, 0.05) is 18.6 Å². The van der Waals surface area contributed by atoms with Gasteiger partial charge in [-0.1, -0.05) is 18.2 Å². The molecule has 1 N–H and O–H groups in total. The SMILES string of the molecule is Cc1ccc([N+](=O)[O-])cc1NC(=O)CCc1ccc(C#N)cc1. The van der Waals surface area contributed by atoms with E-state index in [0.29, 0.717) is 17.7 Å². The van der Waals surface area contributed by atoms with E-state index < -0.39 is 4.92 Å². The minimum absolute atomic E-state index is 0.0574. The summed E-state index contributed by atoms with van der Waals surface area (Å²) >= 11 is 0. The maximum absolute atomic E-state index is 12.0. The minimum atomic E-state index is -0.494. The van der Waals surface area contributed by atoms with Gasteiger partial charge >= 0.3 is 0 Å². The van der Waals surface area contributed by atoms with E-state index in [1.165, 1.54) is 12.1 Å². The van der Waals surface area contributed by atoms with Gasteiger partial charge in [0.2, 0.25) is 5.91 Å². The second kappa shape index (κ2) is 7.18. The van der Waals surface area contributed by atoms with Gasteiger partial charge in [0.25, 0.3) is 5.69 Å².